The summed E-state index contributed by atoms with van der Waals surface area (Å²) in [5.74, 6) is -0.328. The van der Waals surface area contributed by atoms with Crippen LogP contribution >= 0.6 is 11.3 Å². The highest BCUT2D eigenvalue weighted by molar-refractivity contribution is 7.11. The third kappa shape index (κ3) is 4.44. The molecule has 0 aromatic carbocycles. The summed E-state index contributed by atoms with van der Waals surface area (Å²) >= 11 is 1.29. The zero-order valence-corrected chi connectivity index (χ0v) is 10.2. The molecule has 0 spiro atoms. The largest absolute Gasteiger partial charge is 0.451 e. The second-order valence-electron chi connectivity index (χ2n) is 3.75. The summed E-state index contributed by atoms with van der Waals surface area (Å²) in [7, 11) is 0. The van der Waals surface area contributed by atoms with E-state index in [0.29, 0.717) is 17.3 Å². The number of carbonyl (C=O) groups is 2. The van der Waals surface area contributed by atoms with Gasteiger partial charge in [0.1, 0.15) is 4.88 Å². The molecule has 1 aromatic rings. The number of nitrogens with one attached hydrogen (secondary N) is 1. The van der Waals surface area contributed by atoms with Crippen molar-refractivity contribution in [2.45, 2.75) is 13.8 Å². The maximum absolute atomic E-state index is 11.4. The molecular formula is C11H15NO3S. The minimum Gasteiger partial charge on any atom is -0.451 e. The van der Waals surface area contributed by atoms with E-state index in [0.717, 1.165) is 0 Å². The smallest absolute Gasteiger partial charge is 0.348 e. The van der Waals surface area contributed by atoms with Gasteiger partial charge in [-0.15, -0.1) is 11.3 Å². The summed E-state index contributed by atoms with van der Waals surface area (Å²) < 4.78 is 4.84. The lowest BCUT2D eigenvalue weighted by Crippen LogP contribution is -2.31. The van der Waals surface area contributed by atoms with Crippen LogP contribution < -0.4 is 5.32 Å². The Kier molecular flexibility index (Phi) is 4.98. The van der Waals surface area contributed by atoms with Crippen LogP contribution in [0.5, 0.6) is 0 Å². The number of carbonyl (C=O) groups excluding carboxylic acids is 2. The lowest BCUT2D eigenvalue weighted by molar-refractivity contribution is -0.124. The van der Waals surface area contributed by atoms with Gasteiger partial charge in [-0.3, -0.25) is 4.79 Å². The molecule has 0 aliphatic carbocycles. The van der Waals surface area contributed by atoms with E-state index in [1.807, 2.05) is 13.8 Å². The average molecular weight is 241 g/mol. The first-order valence-corrected chi connectivity index (χ1v) is 5.95. The van der Waals surface area contributed by atoms with E-state index in [9.17, 15) is 9.59 Å². The van der Waals surface area contributed by atoms with Gasteiger partial charge in [-0.05, 0) is 17.4 Å². The van der Waals surface area contributed by atoms with Crippen molar-refractivity contribution in [2.24, 2.45) is 5.92 Å². The molecule has 1 N–H and O–H groups in total. The number of ether oxygens (including phenoxy) is 1. The monoisotopic (exact) mass is 241 g/mol. The third-order valence-electron chi connectivity index (χ3n) is 1.76. The zero-order valence-electron chi connectivity index (χ0n) is 9.36. The van der Waals surface area contributed by atoms with Crippen molar-refractivity contribution in [3.63, 3.8) is 0 Å². The molecule has 0 saturated heterocycles. The van der Waals surface area contributed by atoms with Crippen molar-refractivity contribution in [1.29, 1.82) is 0 Å². The van der Waals surface area contributed by atoms with E-state index >= 15 is 0 Å². The third-order valence-corrected chi connectivity index (χ3v) is 2.61. The van der Waals surface area contributed by atoms with Gasteiger partial charge in [-0.2, -0.15) is 0 Å². The number of thiophene rings is 1. The normalized spacial score (nSPS) is 10.2. The number of hydrogen-bond donors (Lipinski definition) is 1. The van der Waals surface area contributed by atoms with E-state index < -0.39 is 5.97 Å². The van der Waals surface area contributed by atoms with E-state index in [1.165, 1.54) is 11.3 Å². The molecule has 5 heteroatoms. The van der Waals surface area contributed by atoms with Crippen LogP contribution in [0, 0.1) is 5.92 Å². The maximum Gasteiger partial charge on any atom is 0.348 e. The van der Waals surface area contributed by atoms with Gasteiger partial charge in [0.2, 0.25) is 0 Å². The Morgan fingerprint density at radius 2 is 2.25 bits per heavy atom. The van der Waals surface area contributed by atoms with Crippen LogP contribution in [0.1, 0.15) is 23.5 Å². The van der Waals surface area contributed by atoms with Gasteiger partial charge >= 0.3 is 5.97 Å². The molecule has 4 nitrogen and oxygen atoms in total. The number of amides is 1. The molecule has 0 aliphatic heterocycles. The standard InChI is InChI=1S/C11H15NO3S/c1-8(2)6-12-10(13)7-15-11(14)9-4-3-5-16-9/h3-5,8H,6-7H2,1-2H3,(H,12,13). The molecule has 1 amide bonds. The first-order valence-electron chi connectivity index (χ1n) is 5.07. The minimum atomic E-state index is -0.449. The van der Waals surface area contributed by atoms with Crippen molar-refractivity contribution in [1.82, 2.24) is 5.32 Å². The summed E-state index contributed by atoms with van der Waals surface area (Å²) in [6.45, 7) is 4.37. The number of esters is 1. The molecule has 1 rings (SSSR count). The van der Waals surface area contributed by atoms with Crippen molar-refractivity contribution in [3.05, 3.63) is 22.4 Å². The lowest BCUT2D eigenvalue weighted by atomic mass is 10.2. The van der Waals surface area contributed by atoms with Gasteiger partial charge in [-0.25, -0.2) is 4.79 Å². The molecule has 0 saturated carbocycles. The molecule has 0 radical (unpaired) electrons. The van der Waals surface area contributed by atoms with Crippen LogP contribution in [0.2, 0.25) is 0 Å². The lowest BCUT2D eigenvalue weighted by Gasteiger charge is -2.07. The first kappa shape index (κ1) is 12.7. The molecule has 1 heterocycles. The minimum absolute atomic E-state index is 0.219. The van der Waals surface area contributed by atoms with Crippen molar-refractivity contribution in [2.75, 3.05) is 13.2 Å². The summed E-state index contributed by atoms with van der Waals surface area (Å²) in [5, 5.41) is 4.46. The molecule has 16 heavy (non-hydrogen) atoms. The second kappa shape index (κ2) is 6.27. The maximum atomic E-state index is 11.4. The van der Waals surface area contributed by atoms with Gasteiger partial charge < -0.3 is 10.1 Å². The predicted octanol–water partition coefficient (Wildman–Crippen LogP) is 1.68. The molecule has 0 aliphatic rings. The van der Waals surface area contributed by atoms with Crippen LogP contribution in [0.15, 0.2) is 17.5 Å². The van der Waals surface area contributed by atoms with Crippen LogP contribution in [0.4, 0.5) is 0 Å². The molecule has 0 atom stereocenters. The van der Waals surface area contributed by atoms with E-state index in [2.05, 4.69) is 5.32 Å². The topological polar surface area (TPSA) is 55.4 Å². The number of hydrogen-bond acceptors (Lipinski definition) is 4. The summed E-state index contributed by atoms with van der Waals surface area (Å²) in [6, 6.07) is 3.43. The van der Waals surface area contributed by atoms with Crippen LogP contribution in [-0.2, 0) is 9.53 Å². The predicted molar refractivity (Wildman–Crippen MR) is 62.4 cm³/mol. The average Bonchev–Trinajstić information content (AvgIpc) is 2.76. The van der Waals surface area contributed by atoms with Gasteiger partial charge in [0, 0.05) is 6.54 Å². The van der Waals surface area contributed by atoms with Crippen LogP contribution in [0.3, 0.4) is 0 Å². The zero-order chi connectivity index (χ0) is 12.0. The van der Waals surface area contributed by atoms with Crippen molar-refractivity contribution >= 4 is 23.2 Å². The first-order chi connectivity index (χ1) is 7.59. The highest BCUT2D eigenvalue weighted by Gasteiger charge is 2.10. The number of rotatable bonds is 5. The molecule has 0 unspecified atom stereocenters. The summed E-state index contributed by atoms with van der Waals surface area (Å²) in [5.41, 5.74) is 0. The van der Waals surface area contributed by atoms with E-state index in [-0.39, 0.29) is 12.5 Å². The van der Waals surface area contributed by atoms with Crippen molar-refractivity contribution in [3.8, 4) is 0 Å². The fraction of sp³-hybridized carbons (Fsp3) is 0.455. The molecule has 1 aromatic heterocycles. The van der Waals surface area contributed by atoms with E-state index in [4.69, 9.17) is 4.74 Å². The Balaban J connectivity index is 2.24. The summed E-state index contributed by atoms with van der Waals surface area (Å²) in [4.78, 5) is 23.1. The Hall–Kier alpha value is -1.36. The highest BCUT2D eigenvalue weighted by Crippen LogP contribution is 2.09. The van der Waals surface area contributed by atoms with Gasteiger partial charge in [0.15, 0.2) is 6.61 Å². The van der Waals surface area contributed by atoms with Gasteiger partial charge in [0.05, 0.1) is 0 Å². The SMILES string of the molecule is CC(C)CNC(=O)COC(=O)c1cccs1. The second-order valence-corrected chi connectivity index (χ2v) is 4.70. The Morgan fingerprint density at radius 1 is 1.50 bits per heavy atom. The van der Waals surface area contributed by atoms with Crippen LogP contribution in [-0.4, -0.2) is 25.0 Å². The molecular weight excluding hydrogens is 226 g/mol. The Bertz CT molecular complexity index is 346. The quantitative estimate of drug-likeness (QED) is 0.798. The molecule has 0 bridgehead atoms. The fourth-order valence-electron chi connectivity index (χ4n) is 0.966. The highest BCUT2D eigenvalue weighted by atomic mass is 32.1. The summed E-state index contributed by atoms with van der Waals surface area (Å²) in [6.07, 6.45) is 0. The molecule has 0 fully saturated rings. The van der Waals surface area contributed by atoms with Crippen molar-refractivity contribution < 1.29 is 14.3 Å². The fourth-order valence-corrected chi connectivity index (χ4v) is 1.58. The molecule has 88 valence electrons. The Labute approximate surface area is 98.6 Å². The van der Waals surface area contributed by atoms with Gasteiger partial charge in [-0.1, -0.05) is 19.9 Å². The Morgan fingerprint density at radius 3 is 2.81 bits per heavy atom. The van der Waals surface area contributed by atoms with E-state index in [1.54, 1.807) is 17.5 Å². The van der Waals surface area contributed by atoms with Crippen LogP contribution in [0.25, 0.3) is 0 Å². The van der Waals surface area contributed by atoms with Gasteiger partial charge in [0.25, 0.3) is 5.91 Å².